The zero-order valence-electron chi connectivity index (χ0n) is 40.4. The van der Waals surface area contributed by atoms with E-state index in [2.05, 4.69) is 299 Å². The molecule has 0 fully saturated rings. The maximum absolute atomic E-state index is 2.49. The highest BCUT2D eigenvalue weighted by Crippen LogP contribution is 2.51. The fourth-order valence-electron chi connectivity index (χ4n) is 11.1. The summed E-state index contributed by atoms with van der Waals surface area (Å²) in [5.74, 6) is 0. The summed E-state index contributed by atoms with van der Waals surface area (Å²) >= 11 is 1.90. The van der Waals surface area contributed by atoms with Crippen molar-refractivity contribution in [1.29, 1.82) is 0 Å². The summed E-state index contributed by atoms with van der Waals surface area (Å²) in [5.41, 5.74) is 16.9. The molecular formula is C70H47N3S. The molecule has 74 heavy (non-hydrogen) atoms. The van der Waals surface area contributed by atoms with Crippen LogP contribution in [0, 0.1) is 0 Å². The zero-order chi connectivity index (χ0) is 49.0. The van der Waals surface area contributed by atoms with Crippen molar-refractivity contribution in [3.05, 3.63) is 285 Å². The standard InChI is InChI=1S/C70H47N3S/c1-6-22-48(23-7-1)49-38-40-57(41-39-49)72(65-36-20-18-34-60(65)50-24-8-2-9-25-50)59-43-53(42-58(46-59)71(54-28-10-3-11-29-54)55-30-12-4-13-31-55)62-47-63-61-35-19-21-37-66(61)73(56-32-14-5-15-33-56)69(63)68-64-44-51-26-16-17-27-52(51)45-67(64)74-70(62)68/h1-47H. The lowest BCUT2D eigenvalue weighted by Gasteiger charge is -2.31. The summed E-state index contributed by atoms with van der Waals surface area (Å²) in [4.78, 5) is 4.87. The van der Waals surface area contributed by atoms with E-state index < -0.39 is 0 Å². The van der Waals surface area contributed by atoms with Gasteiger partial charge < -0.3 is 14.4 Å². The second-order valence-electron chi connectivity index (χ2n) is 18.9. The van der Waals surface area contributed by atoms with Crippen LogP contribution < -0.4 is 9.80 Å². The van der Waals surface area contributed by atoms with E-state index in [9.17, 15) is 0 Å². The minimum absolute atomic E-state index is 1.04. The molecule has 0 atom stereocenters. The number of fused-ring (bicyclic) bond motifs is 8. The first-order valence-electron chi connectivity index (χ1n) is 25.2. The largest absolute Gasteiger partial charge is 0.310 e. The van der Waals surface area contributed by atoms with Crippen molar-refractivity contribution in [2.75, 3.05) is 9.80 Å². The number of benzene rings is 12. The molecule has 14 rings (SSSR count). The summed E-state index contributed by atoms with van der Waals surface area (Å²) in [6.07, 6.45) is 0. The normalized spacial score (nSPS) is 11.5. The van der Waals surface area contributed by atoms with Gasteiger partial charge in [0.15, 0.2) is 0 Å². The molecule has 2 aromatic heterocycles. The van der Waals surface area contributed by atoms with Gasteiger partial charge in [0, 0.05) is 76.2 Å². The van der Waals surface area contributed by atoms with E-state index in [-0.39, 0.29) is 0 Å². The first-order valence-corrected chi connectivity index (χ1v) is 26.1. The van der Waals surface area contributed by atoms with Crippen LogP contribution in [-0.4, -0.2) is 4.57 Å². The third-order valence-electron chi connectivity index (χ3n) is 14.5. The van der Waals surface area contributed by atoms with Gasteiger partial charge in [-0.05, 0) is 130 Å². The first-order chi connectivity index (χ1) is 36.7. The van der Waals surface area contributed by atoms with Crippen molar-refractivity contribution < 1.29 is 0 Å². The molecule has 0 saturated carbocycles. The quantitative estimate of drug-likeness (QED) is 0.135. The van der Waals surface area contributed by atoms with Crippen LogP contribution in [0.3, 0.4) is 0 Å². The molecule has 0 aliphatic carbocycles. The molecular weight excluding hydrogens is 915 g/mol. The van der Waals surface area contributed by atoms with Gasteiger partial charge in [0.2, 0.25) is 0 Å². The molecule has 0 saturated heterocycles. The molecule has 3 nitrogen and oxygen atoms in total. The number of hydrogen-bond acceptors (Lipinski definition) is 3. The number of anilines is 6. The van der Waals surface area contributed by atoms with Gasteiger partial charge in [-0.2, -0.15) is 0 Å². The maximum atomic E-state index is 2.49. The first kappa shape index (κ1) is 43.3. The second kappa shape index (κ2) is 18.3. The van der Waals surface area contributed by atoms with Crippen LogP contribution in [0.2, 0.25) is 0 Å². The minimum Gasteiger partial charge on any atom is -0.310 e. The van der Waals surface area contributed by atoms with Gasteiger partial charge in [0.1, 0.15) is 0 Å². The van der Waals surface area contributed by atoms with Gasteiger partial charge in [-0.1, -0.05) is 188 Å². The molecule has 0 N–H and O–H groups in total. The van der Waals surface area contributed by atoms with Crippen molar-refractivity contribution in [3.8, 4) is 39.1 Å². The Balaban J connectivity index is 1.11. The van der Waals surface area contributed by atoms with Crippen molar-refractivity contribution >= 4 is 98.2 Å². The summed E-state index contributed by atoms with van der Waals surface area (Å²) in [6, 6.07) is 104. The van der Waals surface area contributed by atoms with Crippen LogP contribution in [0.25, 0.3) is 91.8 Å². The Hall–Kier alpha value is -9.48. The van der Waals surface area contributed by atoms with Crippen LogP contribution in [0.1, 0.15) is 0 Å². The highest BCUT2D eigenvalue weighted by molar-refractivity contribution is 7.26. The monoisotopic (exact) mass is 961 g/mol. The fourth-order valence-corrected chi connectivity index (χ4v) is 12.4. The second-order valence-corrected chi connectivity index (χ2v) is 19.9. The summed E-state index contributed by atoms with van der Waals surface area (Å²) in [6.45, 7) is 0. The molecule has 0 aliphatic heterocycles. The van der Waals surface area contributed by atoms with Crippen molar-refractivity contribution in [2.24, 2.45) is 0 Å². The number of aromatic nitrogens is 1. The minimum atomic E-state index is 1.04. The van der Waals surface area contributed by atoms with Gasteiger partial charge in [-0.3, -0.25) is 0 Å². The molecule has 0 aliphatic rings. The van der Waals surface area contributed by atoms with E-state index in [4.69, 9.17) is 0 Å². The fraction of sp³-hybridized carbons (Fsp3) is 0. The van der Waals surface area contributed by atoms with E-state index >= 15 is 0 Å². The predicted molar refractivity (Wildman–Crippen MR) is 317 cm³/mol. The van der Waals surface area contributed by atoms with Crippen LogP contribution >= 0.6 is 11.3 Å². The van der Waals surface area contributed by atoms with E-state index in [0.29, 0.717) is 0 Å². The van der Waals surface area contributed by atoms with E-state index in [1.54, 1.807) is 0 Å². The number of hydrogen-bond donors (Lipinski definition) is 0. The number of nitrogens with zero attached hydrogens (tertiary/aromatic N) is 3. The van der Waals surface area contributed by atoms with E-state index in [1.165, 1.54) is 69.4 Å². The van der Waals surface area contributed by atoms with Crippen LogP contribution in [0.5, 0.6) is 0 Å². The summed E-state index contributed by atoms with van der Waals surface area (Å²) in [5, 5.41) is 7.44. The van der Waals surface area contributed by atoms with Gasteiger partial charge >= 0.3 is 0 Å². The molecule has 2 heterocycles. The number of thiophene rings is 1. The van der Waals surface area contributed by atoms with Crippen molar-refractivity contribution in [3.63, 3.8) is 0 Å². The molecule has 0 spiro atoms. The number of para-hydroxylation sites is 5. The lowest BCUT2D eigenvalue weighted by Crippen LogP contribution is -2.14. The lowest BCUT2D eigenvalue weighted by molar-refractivity contribution is 1.19. The third-order valence-corrected chi connectivity index (χ3v) is 15.7. The molecule has 0 bridgehead atoms. The van der Waals surface area contributed by atoms with Gasteiger partial charge in [0.25, 0.3) is 0 Å². The van der Waals surface area contributed by atoms with Crippen molar-refractivity contribution in [1.82, 2.24) is 4.57 Å². The Bertz CT molecular complexity index is 4300. The SMILES string of the molecule is c1ccc(-c2ccc(N(c3cc(-c4cc5c6ccccc6n(-c6ccccc6)c5c5c4sc4cc6ccccc6cc45)cc(N(c4ccccc4)c4ccccc4)c3)c3ccccc3-c3ccccc3)cc2)cc1. The van der Waals surface area contributed by atoms with Gasteiger partial charge in [-0.15, -0.1) is 11.3 Å². The van der Waals surface area contributed by atoms with Crippen LogP contribution in [0.15, 0.2) is 285 Å². The predicted octanol–water partition coefficient (Wildman–Crippen LogP) is 20.2. The van der Waals surface area contributed by atoms with Gasteiger partial charge in [-0.25, -0.2) is 0 Å². The maximum Gasteiger partial charge on any atom is 0.0634 e. The summed E-state index contributed by atoms with van der Waals surface area (Å²) in [7, 11) is 0. The third kappa shape index (κ3) is 7.51. The molecule has 348 valence electrons. The van der Waals surface area contributed by atoms with Crippen LogP contribution in [0.4, 0.5) is 34.1 Å². The molecule has 0 unspecified atom stereocenters. The molecule has 14 aromatic rings. The average molecular weight is 962 g/mol. The van der Waals surface area contributed by atoms with Gasteiger partial charge in [0.05, 0.1) is 16.7 Å². The Morgan fingerprint density at radius 3 is 1.53 bits per heavy atom. The average Bonchev–Trinajstić information content (AvgIpc) is 4.08. The topological polar surface area (TPSA) is 11.4 Å². The molecule has 0 radical (unpaired) electrons. The van der Waals surface area contributed by atoms with E-state index in [0.717, 1.165) is 56.5 Å². The van der Waals surface area contributed by atoms with Crippen molar-refractivity contribution in [2.45, 2.75) is 0 Å². The Morgan fingerprint density at radius 1 is 0.311 bits per heavy atom. The Morgan fingerprint density at radius 2 is 0.838 bits per heavy atom. The molecule has 0 amide bonds. The molecule has 4 heteroatoms. The van der Waals surface area contributed by atoms with E-state index in [1.807, 2.05) is 11.3 Å². The van der Waals surface area contributed by atoms with Crippen LogP contribution in [-0.2, 0) is 0 Å². The highest BCUT2D eigenvalue weighted by Gasteiger charge is 2.26. The number of rotatable bonds is 10. The zero-order valence-corrected chi connectivity index (χ0v) is 41.2. The Kier molecular flexibility index (Phi) is 10.7. The molecule has 12 aromatic carbocycles. The summed E-state index contributed by atoms with van der Waals surface area (Å²) < 4.78 is 5.01. The highest BCUT2D eigenvalue weighted by atomic mass is 32.1. The smallest absolute Gasteiger partial charge is 0.0634 e. The Labute approximate surface area is 434 Å². The lowest BCUT2D eigenvalue weighted by atomic mass is 9.96.